The summed E-state index contributed by atoms with van der Waals surface area (Å²) in [6.45, 7) is 13.0. The van der Waals surface area contributed by atoms with E-state index in [1.54, 1.807) is 18.3 Å². The molecule has 0 saturated carbocycles. The number of pyridine rings is 2. The van der Waals surface area contributed by atoms with Crippen LogP contribution in [0.4, 0.5) is 0 Å². The van der Waals surface area contributed by atoms with Crippen molar-refractivity contribution in [1.29, 1.82) is 0 Å². The molecule has 0 aliphatic heterocycles. The van der Waals surface area contributed by atoms with Crippen LogP contribution in [0.2, 0.25) is 0 Å². The van der Waals surface area contributed by atoms with Gasteiger partial charge in [-0.25, -0.2) is 24.7 Å². The van der Waals surface area contributed by atoms with Crippen molar-refractivity contribution in [3.8, 4) is 22.3 Å². The molecule has 0 bridgehead atoms. The van der Waals surface area contributed by atoms with Crippen LogP contribution in [-0.2, 0) is 17.8 Å². The maximum Gasteiger partial charge on any atom is 0.337 e. The first kappa shape index (κ1) is 35.5. The van der Waals surface area contributed by atoms with Gasteiger partial charge in [0.15, 0.2) is 11.3 Å². The molecule has 0 spiro atoms. The first-order valence-corrected chi connectivity index (χ1v) is 17.7. The van der Waals surface area contributed by atoms with Gasteiger partial charge >= 0.3 is 5.97 Å². The van der Waals surface area contributed by atoms with Gasteiger partial charge in [-0.1, -0.05) is 50.5 Å². The number of nitrogens with zero attached hydrogens (tertiary/aromatic N) is 8. The highest BCUT2D eigenvalue weighted by molar-refractivity contribution is 9.10. The third kappa shape index (κ3) is 7.12. The lowest BCUT2D eigenvalue weighted by Crippen LogP contribution is -2.04. The number of rotatable bonds is 7. The van der Waals surface area contributed by atoms with Gasteiger partial charge in [0.1, 0.15) is 23.2 Å². The van der Waals surface area contributed by atoms with Gasteiger partial charge in [0.25, 0.3) is 0 Å². The number of aromatic nitrogens is 8. The lowest BCUT2D eigenvalue weighted by atomic mass is 10.1. The van der Waals surface area contributed by atoms with Crippen LogP contribution in [0, 0.1) is 41.5 Å². The summed E-state index contributed by atoms with van der Waals surface area (Å²) in [4.78, 5) is 29.9. The molecule has 12 nitrogen and oxygen atoms in total. The van der Waals surface area contributed by atoms with Crippen LogP contribution in [-0.4, -0.2) is 52.5 Å². The van der Waals surface area contributed by atoms with E-state index in [1.165, 1.54) is 12.7 Å². The van der Waals surface area contributed by atoms with E-state index in [1.807, 2.05) is 59.9 Å². The SMILES string of the molecule is COC(=O)c1ccc(Cn2c(C)nc3ncc(-c4c(C)noc4C)cc32)cc1.Cc1noc(C)c1-c1cnc2nc(C)n(Cc3ccc(Br)cc3)c2c1. The van der Waals surface area contributed by atoms with Crippen LogP contribution < -0.4 is 0 Å². The summed E-state index contributed by atoms with van der Waals surface area (Å²) >= 11 is 3.48. The molecule has 0 fully saturated rings. The average Bonchev–Trinajstić information content (AvgIpc) is 3.87. The van der Waals surface area contributed by atoms with E-state index in [4.69, 9.17) is 13.8 Å². The van der Waals surface area contributed by atoms with E-state index in [9.17, 15) is 4.79 Å². The van der Waals surface area contributed by atoms with E-state index < -0.39 is 0 Å². The number of benzene rings is 2. The molecule has 0 aliphatic carbocycles. The van der Waals surface area contributed by atoms with E-state index in [-0.39, 0.29) is 5.97 Å². The quantitative estimate of drug-likeness (QED) is 0.145. The number of ether oxygens (including phenoxy) is 1. The summed E-state index contributed by atoms with van der Waals surface area (Å²) < 4.78 is 20.7. The number of imidazole rings is 2. The minimum atomic E-state index is -0.343. The molecule has 0 aliphatic rings. The van der Waals surface area contributed by atoms with Crippen LogP contribution in [0.25, 0.3) is 44.6 Å². The average molecular weight is 774 g/mol. The molecule has 0 atom stereocenters. The Morgan fingerprint density at radius 3 is 1.51 bits per heavy atom. The lowest BCUT2D eigenvalue weighted by molar-refractivity contribution is 0.0600. The highest BCUT2D eigenvalue weighted by Crippen LogP contribution is 2.31. The second-order valence-electron chi connectivity index (χ2n) is 12.8. The maximum absolute atomic E-state index is 11.6. The van der Waals surface area contributed by atoms with Crippen molar-refractivity contribution in [1.82, 2.24) is 39.4 Å². The Morgan fingerprint density at radius 2 is 1.11 bits per heavy atom. The van der Waals surface area contributed by atoms with Crippen LogP contribution in [0.5, 0.6) is 0 Å². The molecule has 6 heterocycles. The molecule has 0 radical (unpaired) electrons. The number of esters is 1. The van der Waals surface area contributed by atoms with Gasteiger partial charge in [-0.2, -0.15) is 0 Å². The number of fused-ring (bicyclic) bond motifs is 2. The third-order valence-electron chi connectivity index (χ3n) is 9.21. The first-order chi connectivity index (χ1) is 25.5. The molecule has 0 N–H and O–H groups in total. The fourth-order valence-electron chi connectivity index (χ4n) is 6.52. The Kier molecular flexibility index (Phi) is 9.76. The first-order valence-electron chi connectivity index (χ1n) is 16.9. The van der Waals surface area contributed by atoms with Gasteiger partial charge in [-0.15, -0.1) is 0 Å². The molecular formula is C40H37BrN8O4. The number of methoxy groups -OCH3 is 1. The second-order valence-corrected chi connectivity index (χ2v) is 13.8. The lowest BCUT2D eigenvalue weighted by Gasteiger charge is -2.09. The molecule has 53 heavy (non-hydrogen) atoms. The number of hydrogen-bond acceptors (Lipinski definition) is 10. The molecule has 6 aromatic heterocycles. The Morgan fingerprint density at radius 1 is 0.679 bits per heavy atom. The van der Waals surface area contributed by atoms with Gasteiger partial charge < -0.3 is 22.9 Å². The minimum Gasteiger partial charge on any atom is -0.465 e. The Balaban J connectivity index is 0.000000165. The Bertz CT molecular complexity index is 2560. The van der Waals surface area contributed by atoms with E-state index in [0.29, 0.717) is 17.8 Å². The highest BCUT2D eigenvalue weighted by Gasteiger charge is 2.17. The Labute approximate surface area is 314 Å². The minimum absolute atomic E-state index is 0.343. The topological polar surface area (TPSA) is 140 Å². The van der Waals surface area contributed by atoms with Gasteiger partial charge in [-0.3, -0.25) is 0 Å². The van der Waals surface area contributed by atoms with Crippen molar-refractivity contribution >= 4 is 44.2 Å². The number of carbonyl (C=O) groups is 1. The molecule has 8 rings (SSSR count). The van der Waals surface area contributed by atoms with Crippen LogP contribution in [0.3, 0.4) is 0 Å². The van der Waals surface area contributed by atoms with Crippen molar-refractivity contribution in [2.45, 2.75) is 54.6 Å². The maximum atomic E-state index is 11.6. The molecule has 0 amide bonds. The van der Waals surface area contributed by atoms with Crippen LogP contribution in [0.1, 0.15) is 56.0 Å². The molecule has 0 unspecified atom stereocenters. The smallest absolute Gasteiger partial charge is 0.337 e. The summed E-state index contributed by atoms with van der Waals surface area (Å²) in [6, 6.07) is 19.9. The van der Waals surface area contributed by atoms with Gasteiger partial charge in [0.2, 0.25) is 0 Å². The number of hydrogen-bond donors (Lipinski definition) is 0. The zero-order valence-electron chi connectivity index (χ0n) is 30.4. The van der Waals surface area contributed by atoms with Crippen LogP contribution in [0.15, 0.2) is 86.6 Å². The molecule has 0 saturated heterocycles. The second kappa shape index (κ2) is 14.6. The monoisotopic (exact) mass is 772 g/mol. The van der Waals surface area contributed by atoms with E-state index in [2.05, 4.69) is 91.7 Å². The molecule has 13 heteroatoms. The zero-order valence-corrected chi connectivity index (χ0v) is 32.0. The fourth-order valence-corrected chi connectivity index (χ4v) is 6.78. The zero-order chi connectivity index (χ0) is 37.4. The number of carbonyl (C=O) groups excluding carboxylic acids is 1. The highest BCUT2D eigenvalue weighted by atomic mass is 79.9. The van der Waals surface area contributed by atoms with Crippen molar-refractivity contribution in [2.24, 2.45) is 0 Å². The van der Waals surface area contributed by atoms with Gasteiger partial charge in [-0.05, 0) is 89.1 Å². The van der Waals surface area contributed by atoms with Crippen molar-refractivity contribution in [3.63, 3.8) is 0 Å². The standard InChI is InChI=1S/C21H20N4O3.C19H17BrN4O/c1-12-19(13(2)28-24-12)17-9-18-20(22-10-17)23-14(3)25(18)11-15-5-7-16(8-6-15)21(26)27-4;1-11-18(12(2)25-23-11)15-8-17-19(21-9-15)22-13(3)24(17)10-14-4-6-16(20)7-5-14/h5-10H,11H2,1-4H3;4-9H,10H2,1-3H3. The summed E-state index contributed by atoms with van der Waals surface area (Å²) in [5.74, 6) is 3.04. The predicted octanol–water partition coefficient (Wildman–Crippen LogP) is 8.67. The van der Waals surface area contributed by atoms with E-state index in [0.717, 1.165) is 90.1 Å². The molecule has 8 aromatic rings. The normalized spacial score (nSPS) is 11.2. The fraction of sp³-hybridized carbons (Fsp3) is 0.225. The molecular weight excluding hydrogens is 736 g/mol. The van der Waals surface area contributed by atoms with Crippen LogP contribution >= 0.6 is 15.9 Å². The molecule has 268 valence electrons. The summed E-state index contributed by atoms with van der Waals surface area (Å²) in [5, 5.41) is 8.08. The number of halogens is 1. The van der Waals surface area contributed by atoms with E-state index >= 15 is 0 Å². The summed E-state index contributed by atoms with van der Waals surface area (Å²) in [7, 11) is 1.38. The summed E-state index contributed by atoms with van der Waals surface area (Å²) in [6.07, 6.45) is 3.64. The van der Waals surface area contributed by atoms with Crippen molar-refractivity contribution in [2.75, 3.05) is 7.11 Å². The largest absolute Gasteiger partial charge is 0.465 e. The van der Waals surface area contributed by atoms with Gasteiger partial charge in [0, 0.05) is 52.2 Å². The predicted molar refractivity (Wildman–Crippen MR) is 205 cm³/mol. The third-order valence-corrected chi connectivity index (χ3v) is 9.74. The van der Waals surface area contributed by atoms with Gasteiger partial charge in [0.05, 0.1) is 35.1 Å². The summed E-state index contributed by atoms with van der Waals surface area (Å²) in [5.41, 5.74) is 11.8. The van der Waals surface area contributed by atoms with Crippen molar-refractivity contribution in [3.05, 3.63) is 129 Å². The number of aryl methyl sites for hydroxylation is 6. The Hall–Kier alpha value is -5.95. The molecule has 2 aromatic carbocycles. The van der Waals surface area contributed by atoms with Crippen molar-refractivity contribution < 1.29 is 18.6 Å².